The number of aliphatic imine (C=N–C) groups is 1. The highest BCUT2D eigenvalue weighted by atomic mass is 32.2. The zero-order valence-corrected chi connectivity index (χ0v) is 23.2. The largest absolute Gasteiger partial charge is 0.492 e. The zero-order valence-electron chi connectivity index (χ0n) is 22.4. The van der Waals surface area contributed by atoms with E-state index in [1.807, 2.05) is 38.2 Å². The molecule has 1 aliphatic carbocycles. The number of carbonyl (C=O) groups is 1. The monoisotopic (exact) mass is 539 g/mol. The normalized spacial score (nSPS) is 19.2. The predicted molar refractivity (Wildman–Crippen MR) is 160 cm³/mol. The Morgan fingerprint density at radius 2 is 1.87 bits per heavy atom. The molecule has 0 bridgehead atoms. The van der Waals surface area contributed by atoms with Gasteiger partial charge in [-0.25, -0.2) is 0 Å². The second kappa shape index (κ2) is 10.8. The highest BCUT2D eigenvalue weighted by molar-refractivity contribution is 8.27. The number of amides is 1. The molecule has 1 N–H and O–H groups in total. The second-order valence-electron chi connectivity index (χ2n) is 10.7. The topological polar surface area (TPSA) is 83.0 Å². The third-order valence-electron chi connectivity index (χ3n) is 7.64. The lowest BCUT2D eigenvalue weighted by molar-refractivity contribution is -0.114. The number of ether oxygens (including phenoxy) is 1. The zero-order chi connectivity index (χ0) is 26.9. The molecule has 2 aromatic carbocycles. The third kappa shape index (κ3) is 5.17. The van der Waals surface area contributed by atoms with Crippen LogP contribution in [0.1, 0.15) is 63.0 Å². The number of nitrogens with zero attached hydrogens (tertiary/aromatic N) is 4. The summed E-state index contributed by atoms with van der Waals surface area (Å²) in [4.78, 5) is 17.1. The number of hydrogen-bond acceptors (Lipinski definition) is 5. The molecule has 0 spiro atoms. The molecule has 1 aromatic heterocycles. The average Bonchev–Trinajstić information content (AvgIpc) is 3.54. The molecular weight excluding hydrogens is 506 g/mol. The first-order chi connectivity index (χ1) is 19.0. The van der Waals surface area contributed by atoms with Crippen LogP contribution in [0.5, 0.6) is 5.75 Å². The van der Waals surface area contributed by atoms with E-state index >= 15 is 0 Å². The fourth-order valence-electron chi connectivity index (χ4n) is 5.50. The summed E-state index contributed by atoms with van der Waals surface area (Å²) in [6.07, 6.45) is 10.4. The van der Waals surface area contributed by atoms with Crippen molar-refractivity contribution in [2.24, 2.45) is 16.0 Å². The Labute approximate surface area is 233 Å². The first-order valence-electron chi connectivity index (χ1n) is 13.8. The standard InChI is InChI=1S/C31H33N5O2S/c1-20(2)30-34-36-28(32)26(29(37)33-31(36)39-30)18-23-19-35(27-11-7-6-10-25(23)27)16-17-38-24-14-12-22(13-15-24)21-8-4-3-5-9-21/h6-7,10-15,18-21,32H,3-5,8-9,16-17H2,1-2H3/b26-18-,32-28?. The Kier molecular flexibility index (Phi) is 7.12. The number of hydrazone groups is 1. The lowest BCUT2D eigenvalue weighted by Crippen LogP contribution is -2.35. The van der Waals surface area contributed by atoms with Crippen molar-refractivity contribution in [3.63, 3.8) is 0 Å². The molecule has 3 aromatic rings. The Hall–Kier alpha value is -3.65. The summed E-state index contributed by atoms with van der Waals surface area (Å²) in [5.41, 5.74) is 3.59. The van der Waals surface area contributed by atoms with Gasteiger partial charge in [0.1, 0.15) is 17.4 Å². The lowest BCUT2D eigenvalue weighted by atomic mass is 9.84. The van der Waals surface area contributed by atoms with Gasteiger partial charge in [0.25, 0.3) is 5.91 Å². The van der Waals surface area contributed by atoms with E-state index in [4.69, 9.17) is 10.1 Å². The Bertz CT molecular complexity index is 1510. The highest BCUT2D eigenvalue weighted by Crippen LogP contribution is 2.34. The molecule has 2 aliphatic heterocycles. The molecule has 7 nitrogen and oxygen atoms in total. The molecule has 1 amide bonds. The van der Waals surface area contributed by atoms with E-state index in [1.54, 1.807) is 6.08 Å². The first-order valence-corrected chi connectivity index (χ1v) is 14.6. The van der Waals surface area contributed by atoms with E-state index in [9.17, 15) is 4.79 Å². The summed E-state index contributed by atoms with van der Waals surface area (Å²) in [7, 11) is 0. The maximum Gasteiger partial charge on any atom is 0.283 e. The number of thioether (sulfide) groups is 1. The van der Waals surface area contributed by atoms with Gasteiger partial charge in [0.2, 0.25) is 5.17 Å². The van der Waals surface area contributed by atoms with Crippen molar-refractivity contribution in [2.45, 2.75) is 58.4 Å². The molecule has 200 valence electrons. The van der Waals surface area contributed by atoms with Crippen LogP contribution in [0.2, 0.25) is 0 Å². The van der Waals surface area contributed by atoms with E-state index in [0.717, 1.165) is 27.3 Å². The molecule has 0 atom stereocenters. The minimum absolute atomic E-state index is 0.0602. The summed E-state index contributed by atoms with van der Waals surface area (Å²) in [5, 5.41) is 17.0. The minimum atomic E-state index is -0.407. The number of carbonyl (C=O) groups excluding carboxylic acids is 1. The lowest BCUT2D eigenvalue weighted by Gasteiger charge is -2.22. The Morgan fingerprint density at radius 1 is 1.10 bits per heavy atom. The number of aromatic nitrogens is 1. The number of para-hydroxylation sites is 1. The van der Waals surface area contributed by atoms with Crippen LogP contribution in [0, 0.1) is 11.3 Å². The van der Waals surface area contributed by atoms with Gasteiger partial charge in [-0.1, -0.05) is 63.4 Å². The molecule has 6 rings (SSSR count). The molecule has 1 saturated carbocycles. The van der Waals surface area contributed by atoms with E-state index in [0.29, 0.717) is 24.2 Å². The van der Waals surface area contributed by atoms with Crippen molar-refractivity contribution >= 4 is 50.7 Å². The number of amidine groups is 2. The van der Waals surface area contributed by atoms with Crippen LogP contribution in [0.3, 0.4) is 0 Å². The van der Waals surface area contributed by atoms with Gasteiger partial charge in [-0.2, -0.15) is 15.1 Å². The molecule has 1 fully saturated rings. The summed E-state index contributed by atoms with van der Waals surface area (Å²) >= 11 is 1.36. The minimum Gasteiger partial charge on any atom is -0.492 e. The van der Waals surface area contributed by atoms with Gasteiger partial charge in [-0.05, 0) is 60.4 Å². The number of fused-ring (bicyclic) bond motifs is 2. The highest BCUT2D eigenvalue weighted by Gasteiger charge is 2.36. The van der Waals surface area contributed by atoms with Crippen molar-refractivity contribution in [1.29, 1.82) is 5.41 Å². The van der Waals surface area contributed by atoms with Gasteiger partial charge in [0, 0.05) is 28.6 Å². The van der Waals surface area contributed by atoms with Crippen molar-refractivity contribution in [1.82, 2.24) is 9.58 Å². The van der Waals surface area contributed by atoms with Crippen LogP contribution >= 0.6 is 11.8 Å². The van der Waals surface area contributed by atoms with Crippen LogP contribution in [0.25, 0.3) is 17.0 Å². The summed E-state index contributed by atoms with van der Waals surface area (Å²) in [6.45, 7) is 5.26. The average molecular weight is 540 g/mol. The van der Waals surface area contributed by atoms with Crippen molar-refractivity contribution in [2.75, 3.05) is 6.61 Å². The molecule has 3 aliphatic rings. The van der Waals surface area contributed by atoms with Crippen LogP contribution in [0.4, 0.5) is 0 Å². The third-order valence-corrected chi connectivity index (χ3v) is 8.85. The van der Waals surface area contributed by atoms with Crippen LogP contribution in [-0.2, 0) is 11.3 Å². The maximum absolute atomic E-state index is 12.9. The smallest absolute Gasteiger partial charge is 0.283 e. The van der Waals surface area contributed by atoms with E-state index in [-0.39, 0.29) is 17.3 Å². The molecule has 0 radical (unpaired) electrons. The maximum atomic E-state index is 12.9. The van der Waals surface area contributed by atoms with Gasteiger partial charge >= 0.3 is 0 Å². The quantitative estimate of drug-likeness (QED) is 0.326. The number of nitrogens with one attached hydrogen (secondary N) is 1. The second-order valence-corrected chi connectivity index (χ2v) is 11.6. The molecular formula is C31H33N5O2S. The van der Waals surface area contributed by atoms with Gasteiger partial charge < -0.3 is 9.30 Å². The molecule has 39 heavy (non-hydrogen) atoms. The fourth-order valence-corrected chi connectivity index (χ4v) is 6.40. The van der Waals surface area contributed by atoms with E-state index < -0.39 is 5.91 Å². The Balaban J connectivity index is 1.19. The van der Waals surface area contributed by atoms with Gasteiger partial charge in [0.05, 0.1) is 12.1 Å². The van der Waals surface area contributed by atoms with Gasteiger partial charge in [0.15, 0.2) is 5.84 Å². The van der Waals surface area contributed by atoms with E-state index in [2.05, 4.69) is 45.0 Å². The number of rotatable bonds is 7. The molecule has 3 heterocycles. The summed E-state index contributed by atoms with van der Waals surface area (Å²) in [5.74, 6) is 1.43. The SMILES string of the molecule is CC(C)C1=NN2C(=N)/C(=C/c3cn(CCOc4ccc(C5CCCCC5)cc4)c4ccccc34)C(=O)N=C2S1. The van der Waals surface area contributed by atoms with Crippen molar-refractivity contribution in [3.8, 4) is 5.75 Å². The van der Waals surface area contributed by atoms with Gasteiger partial charge in [-0.15, -0.1) is 0 Å². The fraction of sp³-hybridized carbons (Fsp3) is 0.355. The van der Waals surface area contributed by atoms with Crippen molar-refractivity contribution in [3.05, 3.63) is 71.4 Å². The molecule has 0 unspecified atom stereocenters. The van der Waals surface area contributed by atoms with Crippen LogP contribution in [-0.4, -0.2) is 38.1 Å². The molecule has 8 heteroatoms. The predicted octanol–water partition coefficient (Wildman–Crippen LogP) is 7.04. The first kappa shape index (κ1) is 25.6. The summed E-state index contributed by atoms with van der Waals surface area (Å²) in [6, 6.07) is 16.7. The van der Waals surface area contributed by atoms with Crippen LogP contribution < -0.4 is 4.74 Å². The Morgan fingerprint density at radius 3 is 2.64 bits per heavy atom. The number of hydrogen-bond donors (Lipinski definition) is 1. The molecule has 0 saturated heterocycles. The van der Waals surface area contributed by atoms with E-state index in [1.165, 1.54) is 54.4 Å². The van der Waals surface area contributed by atoms with Crippen molar-refractivity contribution < 1.29 is 9.53 Å². The van der Waals surface area contributed by atoms with Gasteiger partial charge in [-0.3, -0.25) is 10.2 Å². The van der Waals surface area contributed by atoms with Crippen LogP contribution in [0.15, 0.2) is 70.4 Å². The summed E-state index contributed by atoms with van der Waals surface area (Å²) < 4.78 is 8.25. The number of benzene rings is 2.